The highest BCUT2D eigenvalue weighted by atomic mass is 16.4. The van der Waals surface area contributed by atoms with Crippen LogP contribution < -0.4 is 10.6 Å². The summed E-state index contributed by atoms with van der Waals surface area (Å²) in [5, 5.41) is 14.4. The summed E-state index contributed by atoms with van der Waals surface area (Å²) in [5.41, 5.74) is 0. The number of hydrogen-bond acceptors (Lipinski definition) is 3. The third-order valence-corrected chi connectivity index (χ3v) is 4.05. The Balaban J connectivity index is 2.04. The zero-order valence-electron chi connectivity index (χ0n) is 13.2. The fraction of sp³-hybridized carbons (Fsp3) is 0.867. The van der Waals surface area contributed by atoms with Gasteiger partial charge in [-0.05, 0) is 51.1 Å². The van der Waals surface area contributed by atoms with Crippen molar-refractivity contribution in [3.63, 3.8) is 0 Å². The van der Waals surface area contributed by atoms with Gasteiger partial charge in [0.25, 0.3) is 0 Å². The van der Waals surface area contributed by atoms with Crippen molar-refractivity contribution in [1.29, 1.82) is 0 Å². The monoisotopic (exact) mass is 299 g/mol. The number of likely N-dealkylation sites (tertiary alicyclic amines) is 1. The van der Waals surface area contributed by atoms with Gasteiger partial charge in [0.15, 0.2) is 0 Å². The molecule has 122 valence electrons. The zero-order valence-corrected chi connectivity index (χ0v) is 13.2. The number of aliphatic carboxylic acids is 1. The van der Waals surface area contributed by atoms with Crippen LogP contribution in [0.3, 0.4) is 0 Å². The molecule has 0 aromatic heterocycles. The van der Waals surface area contributed by atoms with E-state index in [4.69, 9.17) is 5.11 Å². The van der Waals surface area contributed by atoms with E-state index in [0.717, 1.165) is 26.1 Å². The molecule has 1 aliphatic heterocycles. The average molecular weight is 299 g/mol. The number of urea groups is 1. The lowest BCUT2D eigenvalue weighted by Gasteiger charge is -2.29. The van der Waals surface area contributed by atoms with Gasteiger partial charge in [-0.25, -0.2) is 4.79 Å². The number of carbonyl (C=O) groups is 2. The molecule has 21 heavy (non-hydrogen) atoms. The second-order valence-corrected chi connectivity index (χ2v) is 6.23. The topological polar surface area (TPSA) is 81.7 Å². The molecule has 1 fully saturated rings. The van der Waals surface area contributed by atoms with Crippen LogP contribution in [0.5, 0.6) is 0 Å². The molecule has 0 spiro atoms. The predicted molar refractivity (Wildman–Crippen MR) is 82.3 cm³/mol. The summed E-state index contributed by atoms with van der Waals surface area (Å²) >= 11 is 0. The number of rotatable bonds is 8. The normalized spacial score (nSPS) is 20.8. The number of carbonyl (C=O) groups excluding carboxylic acids is 1. The third kappa shape index (κ3) is 8.55. The first-order chi connectivity index (χ1) is 9.97. The van der Waals surface area contributed by atoms with E-state index in [1.165, 1.54) is 12.8 Å². The Kier molecular flexibility index (Phi) is 8.12. The van der Waals surface area contributed by atoms with Gasteiger partial charge in [0.2, 0.25) is 0 Å². The SMILES string of the molecule is CC(CCNC(=O)NCC1CCCN(C)C1)CCC(=O)O. The molecule has 0 aliphatic carbocycles. The van der Waals surface area contributed by atoms with E-state index in [2.05, 4.69) is 22.6 Å². The Morgan fingerprint density at radius 2 is 2.10 bits per heavy atom. The molecule has 1 aliphatic rings. The molecule has 1 saturated heterocycles. The van der Waals surface area contributed by atoms with Crippen LogP contribution in [0.1, 0.15) is 39.0 Å². The molecule has 3 N–H and O–H groups in total. The van der Waals surface area contributed by atoms with Crippen LogP contribution in [0.4, 0.5) is 4.79 Å². The summed E-state index contributed by atoms with van der Waals surface area (Å²) in [6.07, 6.45) is 4.05. The first-order valence-corrected chi connectivity index (χ1v) is 7.89. The summed E-state index contributed by atoms with van der Waals surface area (Å²) in [7, 11) is 2.12. The Bertz CT molecular complexity index is 336. The number of hydrogen-bond donors (Lipinski definition) is 3. The van der Waals surface area contributed by atoms with Crippen LogP contribution in [0.15, 0.2) is 0 Å². The minimum Gasteiger partial charge on any atom is -0.481 e. The van der Waals surface area contributed by atoms with Crippen molar-refractivity contribution in [2.75, 3.05) is 33.2 Å². The molecule has 0 aromatic carbocycles. The zero-order chi connectivity index (χ0) is 15.7. The minimum atomic E-state index is -0.759. The first-order valence-electron chi connectivity index (χ1n) is 7.89. The molecule has 0 aromatic rings. The molecule has 0 bridgehead atoms. The number of nitrogens with zero attached hydrogens (tertiary/aromatic N) is 1. The van der Waals surface area contributed by atoms with E-state index in [-0.39, 0.29) is 12.5 Å². The van der Waals surface area contributed by atoms with E-state index in [1.54, 1.807) is 0 Å². The lowest BCUT2D eigenvalue weighted by molar-refractivity contribution is -0.137. The van der Waals surface area contributed by atoms with Gasteiger partial charge in [-0.2, -0.15) is 0 Å². The maximum atomic E-state index is 11.7. The first kappa shape index (κ1) is 17.8. The standard InChI is InChI=1S/C15H29N3O3/c1-12(5-6-14(19)20)7-8-16-15(21)17-10-13-4-3-9-18(2)11-13/h12-13H,3-11H2,1-2H3,(H,19,20)(H2,16,17,21). The average Bonchev–Trinajstić information content (AvgIpc) is 2.43. The van der Waals surface area contributed by atoms with Gasteiger partial charge >= 0.3 is 12.0 Å². The predicted octanol–water partition coefficient (Wildman–Crippen LogP) is 1.52. The second-order valence-electron chi connectivity index (χ2n) is 6.23. The molecular weight excluding hydrogens is 270 g/mol. The molecule has 2 amide bonds. The third-order valence-electron chi connectivity index (χ3n) is 4.05. The van der Waals surface area contributed by atoms with Crippen LogP contribution in [0, 0.1) is 11.8 Å². The Hall–Kier alpha value is -1.30. The number of piperidine rings is 1. The quantitative estimate of drug-likeness (QED) is 0.634. The van der Waals surface area contributed by atoms with Gasteiger partial charge in [0, 0.05) is 26.1 Å². The van der Waals surface area contributed by atoms with Gasteiger partial charge < -0.3 is 20.6 Å². The van der Waals surface area contributed by atoms with E-state index < -0.39 is 5.97 Å². The van der Waals surface area contributed by atoms with E-state index in [1.807, 2.05) is 6.92 Å². The lowest BCUT2D eigenvalue weighted by atomic mass is 9.99. The highest BCUT2D eigenvalue weighted by molar-refractivity contribution is 5.73. The Labute approximate surface area is 127 Å². The Morgan fingerprint density at radius 3 is 2.76 bits per heavy atom. The van der Waals surface area contributed by atoms with Crippen LogP contribution in [-0.4, -0.2) is 55.2 Å². The van der Waals surface area contributed by atoms with Crippen molar-refractivity contribution >= 4 is 12.0 Å². The molecular formula is C15H29N3O3. The van der Waals surface area contributed by atoms with Crippen molar-refractivity contribution in [3.8, 4) is 0 Å². The molecule has 0 saturated carbocycles. The maximum absolute atomic E-state index is 11.7. The largest absolute Gasteiger partial charge is 0.481 e. The molecule has 2 atom stereocenters. The molecule has 6 heteroatoms. The molecule has 0 radical (unpaired) electrons. The minimum absolute atomic E-state index is 0.117. The van der Waals surface area contributed by atoms with Crippen LogP contribution in [0.25, 0.3) is 0 Å². The van der Waals surface area contributed by atoms with Crippen molar-refractivity contribution in [2.24, 2.45) is 11.8 Å². The molecule has 2 unspecified atom stereocenters. The fourth-order valence-corrected chi connectivity index (χ4v) is 2.69. The van der Waals surface area contributed by atoms with Gasteiger partial charge in [-0.3, -0.25) is 4.79 Å². The summed E-state index contributed by atoms with van der Waals surface area (Å²) in [6, 6.07) is -0.117. The van der Waals surface area contributed by atoms with Crippen LogP contribution in [0.2, 0.25) is 0 Å². The summed E-state index contributed by atoms with van der Waals surface area (Å²) in [6.45, 7) is 5.53. The van der Waals surface area contributed by atoms with Gasteiger partial charge in [-0.1, -0.05) is 6.92 Å². The maximum Gasteiger partial charge on any atom is 0.314 e. The van der Waals surface area contributed by atoms with E-state index in [9.17, 15) is 9.59 Å². The smallest absolute Gasteiger partial charge is 0.314 e. The Morgan fingerprint density at radius 1 is 1.33 bits per heavy atom. The fourth-order valence-electron chi connectivity index (χ4n) is 2.69. The van der Waals surface area contributed by atoms with Gasteiger partial charge in [-0.15, -0.1) is 0 Å². The van der Waals surface area contributed by atoms with Crippen molar-refractivity contribution in [2.45, 2.75) is 39.0 Å². The van der Waals surface area contributed by atoms with Crippen molar-refractivity contribution in [1.82, 2.24) is 15.5 Å². The van der Waals surface area contributed by atoms with E-state index in [0.29, 0.717) is 24.8 Å². The van der Waals surface area contributed by atoms with Crippen molar-refractivity contribution in [3.05, 3.63) is 0 Å². The highest BCUT2D eigenvalue weighted by Crippen LogP contribution is 2.13. The van der Waals surface area contributed by atoms with Crippen LogP contribution >= 0.6 is 0 Å². The molecule has 1 rings (SSSR count). The van der Waals surface area contributed by atoms with Crippen molar-refractivity contribution < 1.29 is 14.7 Å². The molecule has 6 nitrogen and oxygen atoms in total. The number of amides is 2. The summed E-state index contributed by atoms with van der Waals surface area (Å²) in [4.78, 5) is 24.4. The highest BCUT2D eigenvalue weighted by Gasteiger charge is 2.17. The van der Waals surface area contributed by atoms with Crippen LogP contribution in [-0.2, 0) is 4.79 Å². The number of carboxylic acid groups (broad SMARTS) is 1. The number of nitrogens with one attached hydrogen (secondary N) is 2. The molecule has 1 heterocycles. The lowest BCUT2D eigenvalue weighted by Crippen LogP contribution is -2.43. The summed E-state index contributed by atoms with van der Waals surface area (Å²) < 4.78 is 0. The summed E-state index contributed by atoms with van der Waals surface area (Å²) in [5.74, 6) is 0.0994. The van der Waals surface area contributed by atoms with Gasteiger partial charge in [0.05, 0.1) is 0 Å². The second kappa shape index (κ2) is 9.60. The van der Waals surface area contributed by atoms with E-state index >= 15 is 0 Å². The number of carboxylic acids is 1. The van der Waals surface area contributed by atoms with Gasteiger partial charge in [0.1, 0.15) is 0 Å².